The van der Waals surface area contributed by atoms with E-state index in [9.17, 15) is 10.2 Å². The molecule has 3 saturated carbocycles. The molecule has 3 fully saturated rings. The largest absolute Gasteiger partial charge is 0.396 e. The van der Waals surface area contributed by atoms with Crippen molar-refractivity contribution in [3.8, 4) is 0 Å². The van der Waals surface area contributed by atoms with Crippen molar-refractivity contribution in [2.45, 2.75) is 111 Å². The highest BCUT2D eigenvalue weighted by Crippen LogP contribution is 2.67. The van der Waals surface area contributed by atoms with Crippen LogP contribution >= 0.6 is 0 Å². The predicted octanol–water partition coefficient (Wildman–Crippen LogP) is 7.00. The molecule has 4 aliphatic rings. The zero-order valence-corrected chi connectivity index (χ0v) is 21.1. The van der Waals surface area contributed by atoms with Gasteiger partial charge in [-0.15, -0.1) is 0 Å². The summed E-state index contributed by atoms with van der Waals surface area (Å²) in [4.78, 5) is 0. The van der Waals surface area contributed by atoms with E-state index in [1.54, 1.807) is 5.57 Å². The molecule has 31 heavy (non-hydrogen) atoms. The summed E-state index contributed by atoms with van der Waals surface area (Å²) >= 11 is 0. The van der Waals surface area contributed by atoms with Crippen LogP contribution in [0.5, 0.6) is 0 Å². The molecule has 0 heterocycles. The fourth-order valence-corrected chi connectivity index (χ4v) is 9.34. The molecule has 0 amide bonds. The van der Waals surface area contributed by atoms with E-state index >= 15 is 0 Å². The Hall–Kier alpha value is -0.340. The van der Waals surface area contributed by atoms with Gasteiger partial charge in [-0.1, -0.05) is 59.1 Å². The Bertz CT molecular complexity index is 655. The minimum atomic E-state index is -0.0954. The smallest absolute Gasteiger partial charge is 0.0577 e. The van der Waals surface area contributed by atoms with E-state index in [4.69, 9.17) is 0 Å². The van der Waals surface area contributed by atoms with Crippen LogP contribution in [0.4, 0.5) is 0 Å². The van der Waals surface area contributed by atoms with Crippen LogP contribution in [-0.2, 0) is 0 Å². The van der Waals surface area contributed by atoms with E-state index < -0.39 is 0 Å². The molecule has 0 aromatic heterocycles. The molecule has 0 aromatic carbocycles. The van der Waals surface area contributed by atoms with Crippen LogP contribution in [-0.4, -0.2) is 22.9 Å². The molecule has 2 N–H and O–H groups in total. The van der Waals surface area contributed by atoms with Crippen LogP contribution in [0.25, 0.3) is 0 Å². The molecular weight excluding hydrogens is 380 g/mol. The highest BCUT2D eigenvalue weighted by molar-refractivity contribution is 5.25. The molecule has 0 bridgehead atoms. The average Bonchev–Trinajstić information content (AvgIpc) is 3.11. The first-order chi connectivity index (χ1) is 14.7. The summed E-state index contributed by atoms with van der Waals surface area (Å²) in [6.45, 7) is 12.6. The molecule has 4 rings (SSSR count). The van der Waals surface area contributed by atoms with E-state index in [0.717, 1.165) is 42.4 Å². The summed E-state index contributed by atoms with van der Waals surface area (Å²) in [6.07, 6.45) is 16.4. The van der Waals surface area contributed by atoms with Gasteiger partial charge in [-0.05, 0) is 110 Å². The minimum absolute atomic E-state index is 0.0954. The van der Waals surface area contributed by atoms with Crippen molar-refractivity contribution in [1.29, 1.82) is 0 Å². The van der Waals surface area contributed by atoms with Gasteiger partial charge in [-0.2, -0.15) is 0 Å². The monoisotopic (exact) mass is 430 g/mol. The van der Waals surface area contributed by atoms with Gasteiger partial charge in [0.15, 0.2) is 0 Å². The normalized spacial score (nSPS) is 45.1. The summed E-state index contributed by atoms with van der Waals surface area (Å²) in [5.74, 6) is 5.43. The van der Waals surface area contributed by atoms with E-state index in [1.165, 1.54) is 57.8 Å². The summed E-state index contributed by atoms with van der Waals surface area (Å²) < 4.78 is 0. The number of rotatable bonds is 7. The van der Waals surface area contributed by atoms with Gasteiger partial charge in [0.05, 0.1) is 6.10 Å². The molecular formula is C29H50O2. The second-order valence-corrected chi connectivity index (χ2v) is 12.8. The fraction of sp³-hybridized carbons (Fsp3) is 0.931. The molecule has 0 aromatic rings. The highest BCUT2D eigenvalue weighted by atomic mass is 16.3. The van der Waals surface area contributed by atoms with Crippen LogP contribution in [0.3, 0.4) is 0 Å². The summed E-state index contributed by atoms with van der Waals surface area (Å²) in [6, 6.07) is 0. The first-order valence-corrected chi connectivity index (χ1v) is 13.7. The van der Waals surface area contributed by atoms with Gasteiger partial charge in [0, 0.05) is 6.61 Å². The topological polar surface area (TPSA) is 40.5 Å². The van der Waals surface area contributed by atoms with Crippen LogP contribution in [0.15, 0.2) is 11.6 Å². The summed E-state index contributed by atoms with van der Waals surface area (Å²) in [5, 5.41) is 19.9. The zero-order valence-electron chi connectivity index (χ0n) is 21.1. The number of aliphatic hydroxyl groups excluding tert-OH is 2. The Labute approximate surface area is 192 Å². The molecule has 10 atom stereocenters. The van der Waals surface area contributed by atoms with Gasteiger partial charge < -0.3 is 10.2 Å². The van der Waals surface area contributed by atoms with Crippen LogP contribution in [0.2, 0.25) is 0 Å². The van der Waals surface area contributed by atoms with Crippen molar-refractivity contribution >= 4 is 0 Å². The lowest BCUT2D eigenvalue weighted by atomic mass is 9.47. The predicted molar refractivity (Wildman–Crippen MR) is 130 cm³/mol. The van der Waals surface area contributed by atoms with Crippen molar-refractivity contribution in [3.63, 3.8) is 0 Å². The summed E-state index contributed by atoms with van der Waals surface area (Å²) in [5.41, 5.74) is 2.49. The second kappa shape index (κ2) is 9.13. The molecule has 0 aliphatic heterocycles. The molecule has 2 heteroatoms. The van der Waals surface area contributed by atoms with E-state index in [2.05, 4.69) is 40.7 Å². The molecule has 3 unspecified atom stereocenters. The first-order valence-electron chi connectivity index (χ1n) is 13.7. The highest BCUT2D eigenvalue weighted by Gasteiger charge is 2.59. The van der Waals surface area contributed by atoms with Crippen molar-refractivity contribution in [2.24, 2.45) is 52.3 Å². The van der Waals surface area contributed by atoms with Crippen molar-refractivity contribution in [1.82, 2.24) is 0 Å². The molecule has 178 valence electrons. The molecule has 0 saturated heterocycles. The van der Waals surface area contributed by atoms with Gasteiger partial charge >= 0.3 is 0 Å². The lowest BCUT2D eigenvalue weighted by Crippen LogP contribution is -2.50. The Morgan fingerprint density at radius 2 is 1.81 bits per heavy atom. The second-order valence-electron chi connectivity index (χ2n) is 12.8. The number of hydrogen-bond acceptors (Lipinski definition) is 2. The third-order valence-corrected chi connectivity index (χ3v) is 11.4. The Kier molecular flexibility index (Phi) is 7.01. The molecule has 0 radical (unpaired) electrons. The van der Waals surface area contributed by atoms with E-state index in [1.807, 2.05) is 0 Å². The average molecular weight is 431 g/mol. The van der Waals surface area contributed by atoms with Gasteiger partial charge in [0.1, 0.15) is 0 Å². The number of aliphatic hydroxyl groups is 2. The van der Waals surface area contributed by atoms with Crippen molar-refractivity contribution in [3.05, 3.63) is 11.6 Å². The third-order valence-electron chi connectivity index (χ3n) is 11.4. The van der Waals surface area contributed by atoms with Gasteiger partial charge in [-0.25, -0.2) is 0 Å². The Morgan fingerprint density at radius 3 is 2.52 bits per heavy atom. The van der Waals surface area contributed by atoms with Crippen LogP contribution in [0, 0.1) is 52.3 Å². The van der Waals surface area contributed by atoms with Crippen LogP contribution < -0.4 is 0 Å². The lowest BCUT2D eigenvalue weighted by Gasteiger charge is -2.58. The maximum absolute atomic E-state index is 10.2. The SMILES string of the molecule is CC[C@@H](CC[C@@H](C)[C@H]1CCC2C3CC=C4C[C@@H](O)CC[C@]4(C)C3CC[C@@]21C)[C@@H](C)CO. The van der Waals surface area contributed by atoms with Crippen LogP contribution in [0.1, 0.15) is 105 Å². The Morgan fingerprint density at radius 1 is 1.03 bits per heavy atom. The fourth-order valence-electron chi connectivity index (χ4n) is 9.34. The maximum Gasteiger partial charge on any atom is 0.0577 e. The van der Waals surface area contributed by atoms with Gasteiger partial charge in [0.2, 0.25) is 0 Å². The number of fused-ring (bicyclic) bond motifs is 5. The lowest BCUT2D eigenvalue weighted by molar-refractivity contribution is -0.0576. The molecule has 4 aliphatic carbocycles. The standard InChI is InChI=1S/C29H50O2/c1-6-21(20(3)18-30)8-7-19(2)25-11-12-26-24-10-9-22-17-23(31)13-15-28(22,4)27(24)14-16-29(25,26)5/h9,19-21,23-27,30-31H,6-8,10-18H2,1-5H3/t19-,20+,21+,23+,24?,25-,26?,27?,28+,29-/m1/s1. The van der Waals surface area contributed by atoms with E-state index in [0.29, 0.717) is 29.3 Å². The van der Waals surface area contributed by atoms with E-state index in [-0.39, 0.29) is 6.10 Å². The van der Waals surface area contributed by atoms with Gasteiger partial charge in [-0.3, -0.25) is 0 Å². The van der Waals surface area contributed by atoms with Gasteiger partial charge in [0.25, 0.3) is 0 Å². The number of hydrogen-bond donors (Lipinski definition) is 2. The number of allylic oxidation sites excluding steroid dienone is 1. The molecule has 0 spiro atoms. The zero-order chi connectivity index (χ0) is 22.4. The third kappa shape index (κ3) is 4.07. The maximum atomic E-state index is 10.2. The summed E-state index contributed by atoms with van der Waals surface area (Å²) in [7, 11) is 0. The Balaban J connectivity index is 1.46. The van der Waals surface area contributed by atoms with Crippen molar-refractivity contribution in [2.75, 3.05) is 6.61 Å². The quantitative estimate of drug-likeness (QED) is 0.427. The first kappa shape index (κ1) is 23.8. The van der Waals surface area contributed by atoms with Crippen molar-refractivity contribution < 1.29 is 10.2 Å². The minimum Gasteiger partial charge on any atom is -0.396 e. The molecule has 2 nitrogen and oxygen atoms in total.